The molecule has 0 spiro atoms. The summed E-state index contributed by atoms with van der Waals surface area (Å²) in [5.41, 5.74) is -0.795. The van der Waals surface area contributed by atoms with Crippen molar-refractivity contribution in [3.8, 4) is 11.5 Å². The minimum absolute atomic E-state index is 0.510. The van der Waals surface area contributed by atoms with Gasteiger partial charge in [-0.1, -0.05) is 0 Å². The molecule has 0 amide bonds. The molecule has 15 heavy (non-hydrogen) atoms. The Morgan fingerprint density at radius 2 is 1.93 bits per heavy atom. The first-order chi connectivity index (χ1) is 6.98. The van der Waals surface area contributed by atoms with Gasteiger partial charge in [0.05, 0.1) is 4.47 Å². The van der Waals surface area contributed by atoms with Crippen LogP contribution in [0.2, 0.25) is 0 Å². The summed E-state index contributed by atoms with van der Waals surface area (Å²) in [4.78, 5) is 0. The highest BCUT2D eigenvalue weighted by atomic mass is 79.9. The van der Waals surface area contributed by atoms with Crippen molar-refractivity contribution in [1.29, 1.82) is 0 Å². The van der Waals surface area contributed by atoms with Crippen molar-refractivity contribution in [1.82, 2.24) is 0 Å². The minimum Gasteiger partial charge on any atom is -0.486 e. The second kappa shape index (κ2) is 3.67. The SMILES string of the molecule is CC(C)(F)c1cc(Br)c2c(c1)OCCO2. The lowest BCUT2D eigenvalue weighted by molar-refractivity contribution is 0.167. The predicted molar refractivity (Wildman–Crippen MR) is 59.3 cm³/mol. The Kier molecular flexibility index (Phi) is 2.63. The Hall–Kier alpha value is -0.770. The van der Waals surface area contributed by atoms with Gasteiger partial charge in [0.1, 0.15) is 18.9 Å². The lowest BCUT2D eigenvalue weighted by Crippen LogP contribution is -2.17. The fraction of sp³-hybridized carbons (Fsp3) is 0.455. The highest BCUT2D eigenvalue weighted by Crippen LogP contribution is 2.41. The molecule has 1 heterocycles. The maximum Gasteiger partial charge on any atom is 0.175 e. The standard InChI is InChI=1S/C11H12BrFO2/c1-11(2,13)7-5-8(12)10-9(6-7)14-3-4-15-10/h5-6H,3-4H2,1-2H3. The highest BCUT2D eigenvalue weighted by Gasteiger charge is 2.24. The molecule has 0 saturated heterocycles. The van der Waals surface area contributed by atoms with Crippen molar-refractivity contribution >= 4 is 15.9 Å². The molecule has 2 rings (SSSR count). The van der Waals surface area contributed by atoms with E-state index in [0.717, 1.165) is 4.47 Å². The molecule has 0 bridgehead atoms. The molecule has 0 atom stereocenters. The third-order valence-corrected chi connectivity index (χ3v) is 2.87. The van der Waals surface area contributed by atoms with E-state index in [1.54, 1.807) is 12.1 Å². The second-order valence-electron chi connectivity index (χ2n) is 3.95. The fourth-order valence-electron chi connectivity index (χ4n) is 1.45. The first kappa shape index (κ1) is 10.7. The largest absolute Gasteiger partial charge is 0.486 e. The molecule has 4 heteroatoms. The van der Waals surface area contributed by atoms with Crippen LogP contribution in [0.1, 0.15) is 19.4 Å². The maximum absolute atomic E-state index is 13.8. The van der Waals surface area contributed by atoms with E-state index >= 15 is 0 Å². The molecule has 1 aromatic rings. The summed E-state index contributed by atoms with van der Waals surface area (Å²) < 4.78 is 25.3. The molecule has 1 aliphatic heterocycles. The van der Waals surface area contributed by atoms with E-state index in [2.05, 4.69) is 15.9 Å². The van der Waals surface area contributed by atoms with Crippen LogP contribution in [0.5, 0.6) is 11.5 Å². The number of hydrogen-bond donors (Lipinski definition) is 0. The van der Waals surface area contributed by atoms with Gasteiger partial charge in [-0.2, -0.15) is 0 Å². The average molecular weight is 275 g/mol. The van der Waals surface area contributed by atoms with Crippen molar-refractivity contribution in [2.75, 3.05) is 13.2 Å². The van der Waals surface area contributed by atoms with Gasteiger partial charge in [0.15, 0.2) is 11.5 Å². The smallest absolute Gasteiger partial charge is 0.175 e. The van der Waals surface area contributed by atoms with Crippen molar-refractivity contribution in [2.45, 2.75) is 19.5 Å². The third-order valence-electron chi connectivity index (χ3n) is 2.28. The molecule has 0 aromatic heterocycles. The van der Waals surface area contributed by atoms with E-state index in [4.69, 9.17) is 9.47 Å². The lowest BCUT2D eigenvalue weighted by atomic mass is 10.00. The van der Waals surface area contributed by atoms with Crippen LogP contribution in [0.4, 0.5) is 4.39 Å². The van der Waals surface area contributed by atoms with E-state index in [0.29, 0.717) is 30.3 Å². The molecule has 0 aliphatic carbocycles. The summed E-state index contributed by atoms with van der Waals surface area (Å²) in [7, 11) is 0. The van der Waals surface area contributed by atoms with Crippen molar-refractivity contribution in [2.24, 2.45) is 0 Å². The lowest BCUT2D eigenvalue weighted by Gasteiger charge is -2.23. The first-order valence-corrected chi connectivity index (χ1v) is 5.56. The van der Waals surface area contributed by atoms with Crippen LogP contribution in [0.15, 0.2) is 16.6 Å². The van der Waals surface area contributed by atoms with E-state index in [9.17, 15) is 4.39 Å². The van der Waals surface area contributed by atoms with Gasteiger partial charge in [-0.25, -0.2) is 4.39 Å². The van der Waals surface area contributed by atoms with Gasteiger partial charge < -0.3 is 9.47 Å². The second-order valence-corrected chi connectivity index (χ2v) is 4.81. The Bertz CT molecular complexity index is 385. The van der Waals surface area contributed by atoms with Gasteiger partial charge in [-0.05, 0) is 47.5 Å². The molecule has 82 valence electrons. The summed E-state index contributed by atoms with van der Waals surface area (Å²) in [6.45, 7) is 4.08. The molecule has 0 unspecified atom stereocenters. The number of rotatable bonds is 1. The number of alkyl halides is 1. The topological polar surface area (TPSA) is 18.5 Å². The normalized spacial score (nSPS) is 15.2. The molecular formula is C11H12BrFO2. The molecule has 0 fully saturated rings. The number of hydrogen-bond acceptors (Lipinski definition) is 2. The quantitative estimate of drug-likeness (QED) is 0.781. The third kappa shape index (κ3) is 2.09. The van der Waals surface area contributed by atoms with E-state index in [1.165, 1.54) is 13.8 Å². The van der Waals surface area contributed by atoms with Gasteiger partial charge in [0, 0.05) is 0 Å². The Balaban J connectivity index is 2.50. The van der Waals surface area contributed by atoms with Gasteiger partial charge in [-0.3, -0.25) is 0 Å². The summed E-state index contributed by atoms with van der Waals surface area (Å²) in [5, 5.41) is 0. The Morgan fingerprint density at radius 1 is 1.27 bits per heavy atom. The van der Waals surface area contributed by atoms with Crippen molar-refractivity contribution in [3.63, 3.8) is 0 Å². The average Bonchev–Trinajstić information content (AvgIpc) is 2.16. The zero-order valence-corrected chi connectivity index (χ0v) is 10.2. The van der Waals surface area contributed by atoms with Gasteiger partial charge in [0.25, 0.3) is 0 Å². The summed E-state index contributed by atoms with van der Waals surface area (Å²) in [5.74, 6) is 1.27. The van der Waals surface area contributed by atoms with Crippen LogP contribution in [0, 0.1) is 0 Å². The van der Waals surface area contributed by atoms with Crippen LogP contribution < -0.4 is 9.47 Å². The van der Waals surface area contributed by atoms with Crippen LogP contribution in [0.3, 0.4) is 0 Å². The van der Waals surface area contributed by atoms with Gasteiger partial charge in [0.2, 0.25) is 0 Å². The zero-order valence-electron chi connectivity index (χ0n) is 8.64. The van der Waals surface area contributed by atoms with Crippen LogP contribution in [-0.2, 0) is 5.67 Å². The van der Waals surface area contributed by atoms with Crippen molar-refractivity contribution in [3.05, 3.63) is 22.2 Å². The number of ether oxygens (including phenoxy) is 2. The van der Waals surface area contributed by atoms with E-state index in [-0.39, 0.29) is 0 Å². The molecular weight excluding hydrogens is 263 g/mol. The Morgan fingerprint density at radius 3 is 2.60 bits per heavy atom. The summed E-state index contributed by atoms with van der Waals surface area (Å²) in [6.07, 6.45) is 0. The predicted octanol–water partition coefficient (Wildman–Crippen LogP) is 3.42. The molecule has 2 nitrogen and oxygen atoms in total. The summed E-state index contributed by atoms with van der Waals surface area (Å²) >= 11 is 3.35. The van der Waals surface area contributed by atoms with Crippen molar-refractivity contribution < 1.29 is 13.9 Å². The monoisotopic (exact) mass is 274 g/mol. The van der Waals surface area contributed by atoms with Crippen LogP contribution >= 0.6 is 15.9 Å². The first-order valence-electron chi connectivity index (χ1n) is 4.77. The van der Waals surface area contributed by atoms with Crippen LogP contribution in [-0.4, -0.2) is 13.2 Å². The number of fused-ring (bicyclic) bond motifs is 1. The summed E-state index contributed by atoms with van der Waals surface area (Å²) in [6, 6.07) is 3.42. The van der Waals surface area contributed by atoms with E-state index < -0.39 is 5.67 Å². The maximum atomic E-state index is 13.8. The minimum atomic E-state index is -1.38. The molecule has 0 saturated carbocycles. The Labute approximate surface area is 96.5 Å². The highest BCUT2D eigenvalue weighted by molar-refractivity contribution is 9.10. The van der Waals surface area contributed by atoms with Gasteiger partial charge in [-0.15, -0.1) is 0 Å². The molecule has 0 N–H and O–H groups in total. The van der Waals surface area contributed by atoms with Crippen LogP contribution in [0.25, 0.3) is 0 Å². The molecule has 1 aromatic carbocycles. The number of benzene rings is 1. The molecule has 0 radical (unpaired) electrons. The zero-order chi connectivity index (χ0) is 11.1. The number of halogens is 2. The van der Waals surface area contributed by atoms with E-state index in [1.807, 2.05) is 0 Å². The fourth-order valence-corrected chi connectivity index (χ4v) is 2.01. The molecule has 1 aliphatic rings. The van der Waals surface area contributed by atoms with Gasteiger partial charge >= 0.3 is 0 Å².